The van der Waals surface area contributed by atoms with Crippen LogP contribution in [0.4, 0.5) is 0 Å². The third-order valence-corrected chi connectivity index (χ3v) is 9.56. The number of hydrogen-bond acceptors (Lipinski definition) is 8. The van der Waals surface area contributed by atoms with E-state index in [-0.39, 0.29) is 24.8 Å². The summed E-state index contributed by atoms with van der Waals surface area (Å²) in [4.78, 5) is 37.7. The number of nitrogens with zero attached hydrogens (tertiary/aromatic N) is 4. The maximum atomic E-state index is 13.4. The van der Waals surface area contributed by atoms with Gasteiger partial charge in [0.25, 0.3) is 5.91 Å². The Kier molecular flexibility index (Phi) is 6.26. The van der Waals surface area contributed by atoms with Crippen molar-refractivity contribution in [2.24, 2.45) is 4.99 Å². The molecule has 2 fully saturated rings. The van der Waals surface area contributed by atoms with Gasteiger partial charge in [-0.3, -0.25) is 9.59 Å². The zero-order valence-electron chi connectivity index (χ0n) is 20.3. The average molecular weight is 532 g/mol. The molecule has 1 aromatic heterocycles. The van der Waals surface area contributed by atoms with Crippen LogP contribution in [0.5, 0.6) is 0 Å². The number of amidine groups is 1. The highest BCUT2D eigenvalue weighted by molar-refractivity contribution is 7.88. The first-order chi connectivity index (χ1) is 17.0. The van der Waals surface area contributed by atoms with Crippen LogP contribution in [0.3, 0.4) is 0 Å². The van der Waals surface area contributed by atoms with Gasteiger partial charge in [0.15, 0.2) is 0 Å². The van der Waals surface area contributed by atoms with Crippen molar-refractivity contribution in [2.45, 2.75) is 56.8 Å². The molecule has 2 saturated heterocycles. The number of aryl methyl sites for hydroxylation is 1. The summed E-state index contributed by atoms with van der Waals surface area (Å²) in [6.45, 7) is 4.06. The molecule has 5 rings (SSSR count). The van der Waals surface area contributed by atoms with Crippen LogP contribution in [0.2, 0.25) is 0 Å². The van der Waals surface area contributed by atoms with E-state index in [1.165, 1.54) is 9.21 Å². The first-order valence-electron chi connectivity index (χ1n) is 11.9. The number of sulfonamides is 1. The number of aliphatic hydroxyl groups is 1. The molecule has 0 saturated carbocycles. The second kappa shape index (κ2) is 9.02. The van der Waals surface area contributed by atoms with Crippen LogP contribution in [-0.4, -0.2) is 82.9 Å². The van der Waals surface area contributed by atoms with Crippen LogP contribution in [0.1, 0.15) is 37.4 Å². The fraction of sp³-hybridized carbons (Fsp3) is 0.500. The summed E-state index contributed by atoms with van der Waals surface area (Å²) in [7, 11) is -3.54. The Morgan fingerprint density at radius 3 is 2.64 bits per heavy atom. The molecule has 4 heterocycles. The number of rotatable bonds is 5. The van der Waals surface area contributed by atoms with Crippen LogP contribution in [0.25, 0.3) is 10.4 Å². The molecule has 36 heavy (non-hydrogen) atoms. The number of nitrogens with one attached hydrogen (secondary N) is 1. The van der Waals surface area contributed by atoms with Crippen LogP contribution >= 0.6 is 11.3 Å². The first-order valence-corrected chi connectivity index (χ1v) is 14.6. The predicted molar refractivity (Wildman–Crippen MR) is 136 cm³/mol. The number of carbonyl (C=O) groups excluding carboxylic acids is 2. The number of carbonyl (C=O) groups is 2. The van der Waals surface area contributed by atoms with Crippen LogP contribution < -0.4 is 5.32 Å². The van der Waals surface area contributed by atoms with Crippen molar-refractivity contribution >= 4 is 39.0 Å². The molecule has 4 atom stereocenters. The summed E-state index contributed by atoms with van der Waals surface area (Å²) < 4.78 is 25.6. The van der Waals surface area contributed by atoms with E-state index in [0.29, 0.717) is 25.2 Å². The summed E-state index contributed by atoms with van der Waals surface area (Å²) >= 11 is 1.55. The molecule has 0 radical (unpaired) electrons. The normalized spacial score (nSPS) is 29.0. The van der Waals surface area contributed by atoms with Gasteiger partial charge in [-0.1, -0.05) is 24.3 Å². The zero-order valence-corrected chi connectivity index (χ0v) is 22.0. The molecule has 4 unspecified atom stereocenters. The van der Waals surface area contributed by atoms with Gasteiger partial charge in [-0.05, 0) is 37.8 Å². The van der Waals surface area contributed by atoms with Gasteiger partial charge < -0.3 is 15.3 Å². The lowest BCUT2D eigenvalue weighted by atomic mass is 9.91. The van der Waals surface area contributed by atoms with Crippen molar-refractivity contribution < 1.29 is 23.1 Å². The topological polar surface area (TPSA) is 132 Å². The minimum absolute atomic E-state index is 0.0616. The van der Waals surface area contributed by atoms with E-state index in [1.807, 2.05) is 31.2 Å². The molecule has 0 spiro atoms. The van der Waals surface area contributed by atoms with E-state index in [1.54, 1.807) is 23.8 Å². The maximum absolute atomic E-state index is 13.4. The summed E-state index contributed by atoms with van der Waals surface area (Å²) in [6.07, 6.45) is 1.55. The number of aliphatic imine (C=N–C) groups is 1. The molecule has 2 amide bonds. The minimum atomic E-state index is -3.54. The molecule has 2 aromatic rings. The Morgan fingerprint density at radius 1 is 1.28 bits per heavy atom. The number of likely N-dealkylation sites (tertiary alicyclic amines) is 1. The van der Waals surface area contributed by atoms with E-state index < -0.39 is 33.7 Å². The number of thiazole rings is 1. The van der Waals surface area contributed by atoms with Gasteiger partial charge in [-0.15, -0.1) is 11.3 Å². The van der Waals surface area contributed by atoms with Gasteiger partial charge in [-0.2, -0.15) is 9.30 Å². The number of hydrogen-bond donors (Lipinski definition) is 2. The predicted octanol–water partition coefficient (Wildman–Crippen LogP) is 1.25. The van der Waals surface area contributed by atoms with Crippen molar-refractivity contribution in [3.8, 4) is 10.4 Å². The van der Waals surface area contributed by atoms with Gasteiger partial charge in [-0.25, -0.2) is 13.4 Å². The Hall–Kier alpha value is -2.67. The lowest BCUT2D eigenvalue weighted by molar-refractivity contribution is -0.134. The van der Waals surface area contributed by atoms with Crippen LogP contribution in [-0.2, 0) is 25.2 Å². The molecular weight excluding hydrogens is 502 g/mol. The van der Waals surface area contributed by atoms with Gasteiger partial charge in [0.05, 0.1) is 34.5 Å². The van der Waals surface area contributed by atoms with Gasteiger partial charge in [0, 0.05) is 19.5 Å². The third kappa shape index (κ3) is 4.25. The molecule has 12 heteroatoms. The highest BCUT2D eigenvalue weighted by Gasteiger charge is 2.49. The summed E-state index contributed by atoms with van der Waals surface area (Å²) in [5.74, 6) is -0.431. The highest BCUT2D eigenvalue weighted by atomic mass is 32.2. The van der Waals surface area contributed by atoms with E-state index in [2.05, 4.69) is 15.3 Å². The van der Waals surface area contributed by atoms with E-state index in [9.17, 15) is 23.1 Å². The second-order valence-corrected chi connectivity index (χ2v) is 12.6. The SMILES string of the molecule is Cc1ncsc1-c1ccc(C2(C)NC(C3CC(O)CN3C(=O)C3CCCN3S(C)(=O)=O)=NC2=O)cc1. The number of amides is 2. The third-order valence-electron chi connectivity index (χ3n) is 7.29. The Labute approximate surface area is 214 Å². The maximum Gasteiger partial charge on any atom is 0.277 e. The van der Waals surface area contributed by atoms with Crippen molar-refractivity contribution in [1.82, 2.24) is 19.5 Å². The second-order valence-electron chi connectivity index (χ2n) is 9.82. The monoisotopic (exact) mass is 531 g/mol. The van der Waals surface area contributed by atoms with Gasteiger partial charge in [0.1, 0.15) is 17.4 Å². The lowest BCUT2D eigenvalue weighted by Crippen LogP contribution is -2.54. The number of benzene rings is 1. The molecule has 2 N–H and O–H groups in total. The van der Waals surface area contributed by atoms with Crippen LogP contribution in [0.15, 0.2) is 34.8 Å². The van der Waals surface area contributed by atoms with Crippen molar-refractivity contribution in [2.75, 3.05) is 19.3 Å². The average Bonchev–Trinajstić information content (AvgIpc) is 3.60. The fourth-order valence-electron chi connectivity index (χ4n) is 5.34. The van der Waals surface area contributed by atoms with Crippen molar-refractivity contribution in [1.29, 1.82) is 0 Å². The standard InChI is InChI=1S/C24H29N5O5S2/c1-14-20(35-13-25-14)15-6-8-16(9-7-15)24(2)23(32)26-21(27-24)19-11-17(30)12-28(19)22(31)18-5-4-10-29(18)36(3,33)34/h6-9,13,17-19,30H,4-5,10-12H2,1-3H3,(H,26,27,32). The molecule has 10 nitrogen and oxygen atoms in total. The van der Waals surface area contributed by atoms with E-state index in [0.717, 1.165) is 28.0 Å². The molecule has 1 aromatic carbocycles. The lowest BCUT2D eigenvalue weighted by Gasteiger charge is -2.31. The smallest absolute Gasteiger partial charge is 0.277 e. The first kappa shape index (κ1) is 25.0. The Bertz CT molecular complexity index is 1340. The van der Waals surface area contributed by atoms with Crippen molar-refractivity contribution in [3.05, 3.63) is 41.0 Å². The summed E-state index contributed by atoms with van der Waals surface area (Å²) in [6, 6.07) is 6.21. The van der Waals surface area contributed by atoms with E-state index >= 15 is 0 Å². The quantitative estimate of drug-likeness (QED) is 0.593. The fourth-order valence-corrected chi connectivity index (χ4v) is 7.27. The largest absolute Gasteiger partial charge is 0.391 e. The van der Waals surface area contributed by atoms with Gasteiger partial charge >= 0.3 is 0 Å². The molecule has 0 bridgehead atoms. The molecule has 192 valence electrons. The Morgan fingerprint density at radius 2 is 2.00 bits per heavy atom. The number of aromatic nitrogens is 1. The summed E-state index contributed by atoms with van der Waals surface area (Å²) in [5.41, 5.74) is 3.36. The van der Waals surface area contributed by atoms with Crippen molar-refractivity contribution in [3.63, 3.8) is 0 Å². The zero-order chi connectivity index (χ0) is 25.8. The minimum Gasteiger partial charge on any atom is -0.391 e. The number of β-amino-alcohol motifs (C(OH)–C–C–N with tert-alkyl or cyclic N) is 1. The molecule has 3 aliphatic rings. The molecule has 0 aliphatic carbocycles. The van der Waals surface area contributed by atoms with Gasteiger partial charge in [0.2, 0.25) is 15.9 Å². The Balaban J connectivity index is 1.37. The highest BCUT2D eigenvalue weighted by Crippen LogP contribution is 2.34. The van der Waals surface area contributed by atoms with E-state index in [4.69, 9.17) is 0 Å². The molecular formula is C24H29N5O5S2. The molecule has 3 aliphatic heterocycles. The van der Waals surface area contributed by atoms with Crippen LogP contribution in [0, 0.1) is 6.92 Å². The summed E-state index contributed by atoms with van der Waals surface area (Å²) in [5, 5.41) is 13.6. The number of aliphatic hydroxyl groups excluding tert-OH is 1.